The zero-order chi connectivity index (χ0) is 17.6. The van der Waals surface area contributed by atoms with Gasteiger partial charge in [-0.25, -0.2) is 0 Å². The first-order valence-corrected chi connectivity index (χ1v) is 8.51. The standard InChI is InChI=1S/C20H23NO4/c22-13-17-12-21(20(23)24)11-10-19(17)16-6-8-18(9-7-16)25-14-15-4-2-1-3-5-15/h1-9,17,19,22H,10-14H2,(H,23,24)/p-1. The van der Waals surface area contributed by atoms with E-state index in [-0.39, 0.29) is 18.4 Å². The highest BCUT2D eigenvalue weighted by atomic mass is 16.5. The van der Waals surface area contributed by atoms with Crippen LogP contribution in [0.15, 0.2) is 54.6 Å². The zero-order valence-electron chi connectivity index (χ0n) is 14.0. The van der Waals surface area contributed by atoms with Crippen LogP contribution < -0.4 is 9.84 Å². The van der Waals surface area contributed by atoms with Crippen LogP contribution in [0.3, 0.4) is 0 Å². The molecule has 1 amide bonds. The zero-order valence-corrected chi connectivity index (χ0v) is 14.0. The third kappa shape index (κ3) is 4.31. The molecule has 132 valence electrons. The maximum absolute atomic E-state index is 11.0. The Morgan fingerprint density at radius 1 is 1.16 bits per heavy atom. The van der Waals surface area contributed by atoms with Crippen molar-refractivity contribution >= 4 is 6.09 Å². The summed E-state index contributed by atoms with van der Waals surface area (Å²) in [7, 11) is 0. The number of carbonyl (C=O) groups excluding carboxylic acids is 1. The van der Waals surface area contributed by atoms with Gasteiger partial charge in [0.25, 0.3) is 0 Å². The van der Waals surface area contributed by atoms with Crippen molar-refractivity contribution in [3.63, 3.8) is 0 Å². The van der Waals surface area contributed by atoms with Crippen molar-refractivity contribution in [2.24, 2.45) is 5.92 Å². The lowest BCUT2D eigenvalue weighted by Crippen LogP contribution is -2.49. The van der Waals surface area contributed by atoms with Crippen LogP contribution in [0.4, 0.5) is 4.79 Å². The van der Waals surface area contributed by atoms with Crippen LogP contribution in [-0.2, 0) is 6.61 Å². The molecule has 0 saturated carbocycles. The number of aliphatic hydroxyl groups excluding tert-OH is 1. The average molecular weight is 340 g/mol. The molecule has 1 N–H and O–H groups in total. The van der Waals surface area contributed by atoms with Crippen molar-refractivity contribution in [3.05, 3.63) is 65.7 Å². The molecule has 2 aromatic rings. The fraction of sp³-hybridized carbons (Fsp3) is 0.350. The molecule has 5 nitrogen and oxygen atoms in total. The van der Waals surface area contributed by atoms with Crippen LogP contribution in [-0.4, -0.2) is 35.8 Å². The molecule has 0 spiro atoms. The maximum Gasteiger partial charge on any atom is 0.136 e. The average Bonchev–Trinajstić information content (AvgIpc) is 2.67. The molecule has 2 unspecified atom stereocenters. The number of nitrogens with zero attached hydrogens (tertiary/aromatic N) is 1. The minimum Gasteiger partial charge on any atom is -0.530 e. The number of hydrogen-bond donors (Lipinski definition) is 1. The van der Waals surface area contributed by atoms with Crippen molar-refractivity contribution in [1.29, 1.82) is 0 Å². The van der Waals surface area contributed by atoms with E-state index in [4.69, 9.17) is 4.74 Å². The van der Waals surface area contributed by atoms with Crippen molar-refractivity contribution < 1.29 is 19.7 Å². The number of amides is 1. The molecular formula is C20H22NO4-. The summed E-state index contributed by atoms with van der Waals surface area (Å²) < 4.78 is 5.79. The lowest BCUT2D eigenvalue weighted by Gasteiger charge is -2.39. The molecule has 5 heteroatoms. The van der Waals surface area contributed by atoms with Crippen molar-refractivity contribution in [1.82, 2.24) is 4.90 Å². The number of hydrogen-bond acceptors (Lipinski definition) is 4. The van der Waals surface area contributed by atoms with Crippen LogP contribution in [0.2, 0.25) is 0 Å². The topological polar surface area (TPSA) is 72.8 Å². The van der Waals surface area contributed by atoms with Crippen molar-refractivity contribution in [3.8, 4) is 5.75 Å². The predicted molar refractivity (Wildman–Crippen MR) is 92.1 cm³/mol. The van der Waals surface area contributed by atoms with Gasteiger partial charge >= 0.3 is 0 Å². The third-order valence-electron chi connectivity index (χ3n) is 4.78. The second kappa shape index (κ2) is 8.03. The monoisotopic (exact) mass is 340 g/mol. The van der Waals surface area contributed by atoms with Gasteiger partial charge in [-0.1, -0.05) is 42.5 Å². The molecular weight excluding hydrogens is 318 g/mol. The summed E-state index contributed by atoms with van der Waals surface area (Å²) in [6.07, 6.45) is -0.481. The minimum atomic E-state index is -1.17. The van der Waals surface area contributed by atoms with E-state index in [1.807, 2.05) is 54.6 Å². The SMILES string of the molecule is O=C([O-])N1CCC(c2ccc(OCc3ccccc3)cc2)C(CO)C1. The first-order chi connectivity index (χ1) is 12.2. The summed E-state index contributed by atoms with van der Waals surface area (Å²) in [5.74, 6) is 0.826. The molecule has 1 heterocycles. The number of carbonyl (C=O) groups is 1. The molecule has 1 saturated heterocycles. The fourth-order valence-electron chi connectivity index (χ4n) is 3.37. The fourth-order valence-corrected chi connectivity index (χ4v) is 3.37. The number of rotatable bonds is 5. The van der Waals surface area contributed by atoms with Gasteiger partial charge in [-0.3, -0.25) is 0 Å². The first kappa shape index (κ1) is 17.3. The highest BCUT2D eigenvalue weighted by molar-refractivity contribution is 5.62. The van der Waals surface area contributed by atoms with Gasteiger partial charge in [-0.2, -0.15) is 0 Å². The van der Waals surface area contributed by atoms with Gasteiger partial charge in [-0.05, 0) is 35.6 Å². The maximum atomic E-state index is 11.0. The van der Waals surface area contributed by atoms with Crippen LogP contribution in [0, 0.1) is 5.92 Å². The number of piperidine rings is 1. The van der Waals surface area contributed by atoms with Crippen LogP contribution in [0.25, 0.3) is 0 Å². The predicted octanol–water partition coefficient (Wildman–Crippen LogP) is 2.01. The third-order valence-corrected chi connectivity index (χ3v) is 4.78. The number of ether oxygens (including phenoxy) is 1. The smallest absolute Gasteiger partial charge is 0.136 e. The van der Waals surface area contributed by atoms with Crippen LogP contribution in [0.1, 0.15) is 23.5 Å². The molecule has 1 fully saturated rings. The van der Waals surface area contributed by atoms with Crippen molar-refractivity contribution in [2.75, 3.05) is 19.7 Å². The summed E-state index contributed by atoms with van der Waals surface area (Å²) in [6, 6.07) is 17.8. The highest BCUT2D eigenvalue weighted by Crippen LogP contribution is 2.33. The summed E-state index contributed by atoms with van der Waals surface area (Å²) >= 11 is 0. The minimum absolute atomic E-state index is 0.0410. The molecule has 0 aromatic heterocycles. The molecule has 25 heavy (non-hydrogen) atoms. The second-order valence-corrected chi connectivity index (χ2v) is 6.39. The van der Waals surface area contributed by atoms with Crippen molar-refractivity contribution in [2.45, 2.75) is 18.9 Å². The molecule has 2 aromatic carbocycles. The van der Waals surface area contributed by atoms with Gasteiger partial charge in [-0.15, -0.1) is 0 Å². The molecule has 3 rings (SSSR count). The van der Waals surface area contributed by atoms with E-state index < -0.39 is 6.09 Å². The Hall–Kier alpha value is -2.53. The Balaban J connectivity index is 1.62. The van der Waals surface area contributed by atoms with Gasteiger partial charge in [0.05, 0.1) is 0 Å². The van der Waals surface area contributed by atoms with E-state index >= 15 is 0 Å². The number of likely N-dealkylation sites (tertiary alicyclic amines) is 1. The molecule has 1 aliphatic heterocycles. The molecule has 0 radical (unpaired) electrons. The Bertz CT molecular complexity index is 687. The highest BCUT2D eigenvalue weighted by Gasteiger charge is 2.29. The summed E-state index contributed by atoms with van der Waals surface area (Å²) in [5.41, 5.74) is 2.21. The van der Waals surface area contributed by atoms with Gasteiger partial charge < -0.3 is 24.6 Å². The van der Waals surface area contributed by atoms with E-state index in [9.17, 15) is 15.0 Å². The number of benzene rings is 2. The van der Waals surface area contributed by atoms with Crippen LogP contribution >= 0.6 is 0 Å². The quantitative estimate of drug-likeness (QED) is 0.904. The van der Waals surface area contributed by atoms with E-state index in [1.165, 1.54) is 4.90 Å². The molecule has 1 aliphatic rings. The van der Waals surface area contributed by atoms with Gasteiger partial charge in [0.2, 0.25) is 0 Å². The second-order valence-electron chi connectivity index (χ2n) is 6.39. The first-order valence-electron chi connectivity index (χ1n) is 8.51. The molecule has 0 bridgehead atoms. The summed E-state index contributed by atoms with van der Waals surface area (Å²) in [5, 5.41) is 20.6. The van der Waals surface area contributed by atoms with E-state index in [0.29, 0.717) is 26.1 Å². The van der Waals surface area contributed by atoms with Gasteiger partial charge in [0.15, 0.2) is 0 Å². The lowest BCUT2D eigenvalue weighted by atomic mass is 9.81. The molecule has 2 atom stereocenters. The van der Waals surface area contributed by atoms with Gasteiger partial charge in [0.1, 0.15) is 18.4 Å². The van der Waals surface area contributed by atoms with E-state index in [0.717, 1.165) is 16.9 Å². The largest absolute Gasteiger partial charge is 0.530 e. The number of aliphatic hydroxyl groups is 1. The Morgan fingerprint density at radius 3 is 2.52 bits per heavy atom. The Morgan fingerprint density at radius 2 is 1.88 bits per heavy atom. The van der Waals surface area contributed by atoms with Crippen LogP contribution in [0.5, 0.6) is 5.75 Å². The normalized spacial score (nSPS) is 20.3. The van der Waals surface area contributed by atoms with E-state index in [2.05, 4.69) is 0 Å². The Labute approximate surface area is 147 Å². The van der Waals surface area contributed by atoms with Gasteiger partial charge in [0, 0.05) is 25.6 Å². The summed E-state index contributed by atoms with van der Waals surface area (Å²) in [6.45, 7) is 1.23. The Kier molecular flexibility index (Phi) is 5.56. The summed E-state index contributed by atoms with van der Waals surface area (Å²) in [4.78, 5) is 12.3. The molecule has 0 aliphatic carbocycles. The number of carboxylic acid groups (broad SMARTS) is 1. The van der Waals surface area contributed by atoms with E-state index in [1.54, 1.807) is 0 Å². The lowest BCUT2D eigenvalue weighted by molar-refractivity contribution is -0.267.